The van der Waals surface area contributed by atoms with Gasteiger partial charge in [0.2, 0.25) is 9.05 Å². The Labute approximate surface area is 76.0 Å². The van der Waals surface area contributed by atoms with Gasteiger partial charge in [-0.25, -0.2) is 16.8 Å². The molecule has 74 valence electrons. The topological polar surface area (TPSA) is 77.5 Å². The van der Waals surface area contributed by atoms with Gasteiger partial charge in [-0.3, -0.25) is 0 Å². The maximum atomic E-state index is 10.9. The van der Waals surface area contributed by atoms with Gasteiger partial charge in [0.25, 0.3) is 0 Å². The third-order valence-corrected chi connectivity index (χ3v) is 5.07. The van der Waals surface area contributed by atoms with Crippen LogP contribution in [0.2, 0.25) is 0 Å². The lowest BCUT2D eigenvalue weighted by atomic mass is 10.9. The molecular formula is C4H9ClO5S2. The fourth-order valence-corrected chi connectivity index (χ4v) is 4.31. The van der Waals surface area contributed by atoms with E-state index in [-0.39, 0.29) is 12.4 Å². The van der Waals surface area contributed by atoms with Gasteiger partial charge in [-0.15, -0.1) is 0 Å². The molecule has 0 N–H and O–H groups in total. The summed E-state index contributed by atoms with van der Waals surface area (Å²) < 4.78 is 46.9. The molecular weight excluding hydrogens is 228 g/mol. The van der Waals surface area contributed by atoms with E-state index in [9.17, 15) is 16.8 Å². The zero-order valence-electron chi connectivity index (χ0n) is 6.36. The van der Waals surface area contributed by atoms with Crippen molar-refractivity contribution in [2.75, 3.05) is 24.6 Å². The minimum absolute atomic E-state index is 0.0330. The molecule has 0 spiro atoms. The summed E-state index contributed by atoms with van der Waals surface area (Å²) in [5.41, 5.74) is 0. The average Bonchev–Trinajstić information content (AvgIpc) is 1.78. The van der Waals surface area contributed by atoms with Crippen molar-refractivity contribution in [3.8, 4) is 0 Å². The second-order valence-corrected chi connectivity index (χ2v) is 7.42. The minimum atomic E-state index is -3.98. The second-order valence-electron chi connectivity index (χ2n) is 2.10. The van der Waals surface area contributed by atoms with E-state index in [0.717, 1.165) is 0 Å². The number of hydrogen-bond donors (Lipinski definition) is 0. The Hall–Kier alpha value is 0.150. The van der Waals surface area contributed by atoms with Gasteiger partial charge in [-0.1, -0.05) is 0 Å². The highest BCUT2D eigenvalue weighted by Crippen LogP contribution is 2.02. The predicted octanol–water partition coefficient (Wildman–Crippen LogP) is -0.426. The first-order valence-electron chi connectivity index (χ1n) is 2.88. The molecule has 0 amide bonds. The fourth-order valence-electron chi connectivity index (χ4n) is 0.484. The number of halogens is 1. The molecule has 8 heteroatoms. The van der Waals surface area contributed by atoms with Gasteiger partial charge >= 0.3 is 0 Å². The smallest absolute Gasteiger partial charge is 0.246 e. The zero-order valence-corrected chi connectivity index (χ0v) is 8.75. The van der Waals surface area contributed by atoms with E-state index in [4.69, 9.17) is 10.7 Å². The summed E-state index contributed by atoms with van der Waals surface area (Å²) in [7, 11) is -1.56. The average molecular weight is 237 g/mol. The lowest BCUT2D eigenvalue weighted by Crippen LogP contribution is -2.18. The molecule has 0 aromatic rings. The van der Waals surface area contributed by atoms with Crippen LogP contribution in [0.5, 0.6) is 0 Å². The van der Waals surface area contributed by atoms with E-state index in [1.807, 2.05) is 0 Å². The minimum Gasteiger partial charge on any atom is -0.384 e. The normalized spacial score (nSPS) is 13.2. The van der Waals surface area contributed by atoms with Crippen LogP contribution >= 0.6 is 10.7 Å². The quantitative estimate of drug-likeness (QED) is 0.606. The van der Waals surface area contributed by atoms with Crippen LogP contribution in [0.25, 0.3) is 0 Å². The zero-order chi connectivity index (χ0) is 9.83. The first-order chi connectivity index (χ1) is 5.27. The van der Waals surface area contributed by atoms with Crippen molar-refractivity contribution in [1.82, 2.24) is 0 Å². The van der Waals surface area contributed by atoms with Crippen LogP contribution in [0.15, 0.2) is 0 Å². The molecule has 0 saturated heterocycles. The molecule has 0 atom stereocenters. The van der Waals surface area contributed by atoms with E-state index in [1.165, 1.54) is 7.11 Å². The molecule has 0 unspecified atom stereocenters. The van der Waals surface area contributed by atoms with Gasteiger partial charge in [0.1, 0.15) is 0 Å². The summed E-state index contributed by atoms with van der Waals surface area (Å²) in [5.74, 6) is -0.338. The molecule has 0 heterocycles. The van der Waals surface area contributed by atoms with Gasteiger partial charge in [-0.05, 0) is 0 Å². The Morgan fingerprint density at radius 1 is 1.25 bits per heavy atom. The van der Waals surface area contributed by atoms with Crippen molar-refractivity contribution < 1.29 is 21.6 Å². The Bertz CT molecular complexity index is 315. The summed E-state index contributed by atoms with van der Waals surface area (Å²) in [6.07, 6.45) is 0. The molecule has 0 aliphatic heterocycles. The largest absolute Gasteiger partial charge is 0.384 e. The number of sulfone groups is 1. The van der Waals surface area contributed by atoms with Crippen molar-refractivity contribution in [1.29, 1.82) is 0 Å². The molecule has 0 aromatic heterocycles. The standard InChI is InChI=1S/C4H9ClO5S2/c1-10-2-3-11(6,7)4-12(5,8)9/h2-4H2,1H3. The van der Waals surface area contributed by atoms with Crippen LogP contribution < -0.4 is 0 Å². The summed E-state index contributed by atoms with van der Waals surface area (Å²) in [6.45, 7) is -0.0330. The number of ether oxygens (including phenoxy) is 1. The third kappa shape index (κ3) is 6.84. The van der Waals surface area contributed by atoms with Gasteiger partial charge in [0.15, 0.2) is 14.9 Å². The maximum absolute atomic E-state index is 10.9. The Morgan fingerprint density at radius 3 is 2.08 bits per heavy atom. The van der Waals surface area contributed by atoms with E-state index in [1.54, 1.807) is 0 Å². The molecule has 0 aromatic carbocycles. The van der Waals surface area contributed by atoms with Crippen molar-refractivity contribution >= 4 is 29.6 Å². The first kappa shape index (κ1) is 12.2. The summed E-state index contributed by atoms with van der Waals surface area (Å²) in [6, 6.07) is 0. The van der Waals surface area contributed by atoms with Crippen molar-refractivity contribution in [3.63, 3.8) is 0 Å². The fraction of sp³-hybridized carbons (Fsp3) is 1.00. The van der Waals surface area contributed by atoms with Crippen LogP contribution in [0.1, 0.15) is 0 Å². The molecule has 0 rings (SSSR count). The highest BCUT2D eigenvalue weighted by atomic mass is 35.7. The lowest BCUT2D eigenvalue weighted by Gasteiger charge is -1.99. The Kier molecular flexibility index (Phi) is 4.46. The number of rotatable bonds is 5. The second kappa shape index (κ2) is 4.40. The predicted molar refractivity (Wildman–Crippen MR) is 45.3 cm³/mol. The monoisotopic (exact) mass is 236 g/mol. The van der Waals surface area contributed by atoms with Crippen LogP contribution in [0.3, 0.4) is 0 Å². The van der Waals surface area contributed by atoms with Crippen molar-refractivity contribution in [3.05, 3.63) is 0 Å². The summed E-state index contributed by atoms with van der Waals surface area (Å²) in [4.78, 5) is 0. The molecule has 5 nitrogen and oxygen atoms in total. The SMILES string of the molecule is COCCS(=O)(=O)CS(=O)(=O)Cl. The molecule has 0 fully saturated rings. The van der Waals surface area contributed by atoms with E-state index in [0.29, 0.717) is 0 Å². The van der Waals surface area contributed by atoms with Gasteiger partial charge in [-0.2, -0.15) is 0 Å². The third-order valence-electron chi connectivity index (χ3n) is 0.919. The van der Waals surface area contributed by atoms with Crippen molar-refractivity contribution in [2.24, 2.45) is 0 Å². The van der Waals surface area contributed by atoms with Gasteiger partial charge in [0, 0.05) is 17.8 Å². The summed E-state index contributed by atoms with van der Waals surface area (Å²) >= 11 is 0. The van der Waals surface area contributed by atoms with E-state index < -0.39 is 24.0 Å². The van der Waals surface area contributed by atoms with Crippen molar-refractivity contribution in [2.45, 2.75) is 0 Å². The molecule has 0 radical (unpaired) electrons. The van der Waals surface area contributed by atoms with Crippen LogP contribution in [-0.4, -0.2) is 41.4 Å². The number of methoxy groups -OCH3 is 1. The van der Waals surface area contributed by atoms with Gasteiger partial charge < -0.3 is 4.74 Å². The van der Waals surface area contributed by atoms with Crippen LogP contribution in [0, 0.1) is 0 Å². The molecule has 0 aliphatic carbocycles. The van der Waals surface area contributed by atoms with Crippen LogP contribution in [0.4, 0.5) is 0 Å². The maximum Gasteiger partial charge on any atom is 0.246 e. The lowest BCUT2D eigenvalue weighted by molar-refractivity contribution is 0.217. The van der Waals surface area contributed by atoms with Gasteiger partial charge in [0.05, 0.1) is 12.4 Å². The Morgan fingerprint density at radius 2 is 1.75 bits per heavy atom. The highest BCUT2D eigenvalue weighted by molar-refractivity contribution is 8.21. The Balaban J connectivity index is 4.26. The molecule has 0 saturated carbocycles. The van der Waals surface area contributed by atoms with E-state index >= 15 is 0 Å². The van der Waals surface area contributed by atoms with Crippen LogP contribution in [-0.2, 0) is 23.6 Å². The highest BCUT2D eigenvalue weighted by Gasteiger charge is 2.19. The first-order valence-corrected chi connectivity index (χ1v) is 7.18. The molecule has 12 heavy (non-hydrogen) atoms. The molecule has 0 bridgehead atoms. The molecule has 0 aliphatic rings. The summed E-state index contributed by atoms with van der Waals surface area (Å²) in [5, 5.41) is -1.04. The van der Waals surface area contributed by atoms with E-state index in [2.05, 4.69) is 4.74 Å². The number of hydrogen-bond acceptors (Lipinski definition) is 5.